The Morgan fingerprint density at radius 3 is 2.35 bits per heavy atom. The molecule has 17 heavy (non-hydrogen) atoms. The first-order chi connectivity index (χ1) is 7.91. The van der Waals surface area contributed by atoms with E-state index in [9.17, 15) is 8.42 Å². The molecule has 0 aliphatic rings. The van der Waals surface area contributed by atoms with E-state index >= 15 is 0 Å². The highest BCUT2D eigenvalue weighted by molar-refractivity contribution is 7.90. The summed E-state index contributed by atoms with van der Waals surface area (Å²) in [5.41, 5.74) is 6.47. The van der Waals surface area contributed by atoms with Crippen molar-refractivity contribution in [3.8, 4) is 0 Å². The lowest BCUT2D eigenvalue weighted by molar-refractivity contribution is 0.306. The highest BCUT2D eigenvalue weighted by Gasteiger charge is 2.25. The fraction of sp³-hybridized carbons (Fsp3) is 0.400. The van der Waals surface area contributed by atoms with Crippen molar-refractivity contribution >= 4 is 21.6 Å². The molecule has 0 aliphatic carbocycles. The summed E-state index contributed by atoms with van der Waals surface area (Å²) in [6.07, 6.45) is 0. The van der Waals surface area contributed by atoms with Crippen LogP contribution in [0, 0.1) is 0 Å². The first-order valence-corrected chi connectivity index (χ1v) is 6.46. The van der Waals surface area contributed by atoms with E-state index in [2.05, 4.69) is 0 Å². The van der Waals surface area contributed by atoms with Crippen molar-refractivity contribution in [2.75, 3.05) is 37.3 Å². The minimum atomic E-state index is -3.65. The Morgan fingerprint density at radius 1 is 1.29 bits per heavy atom. The second-order valence-electron chi connectivity index (χ2n) is 3.64. The lowest BCUT2D eigenvalue weighted by atomic mass is 10.3. The molecule has 0 amide bonds. The van der Waals surface area contributed by atoms with Gasteiger partial charge in [-0.1, -0.05) is 12.1 Å². The fourth-order valence-electron chi connectivity index (χ4n) is 1.36. The largest absolute Gasteiger partial charge is 0.397 e. The summed E-state index contributed by atoms with van der Waals surface area (Å²) < 4.78 is 26.3. The number of rotatable bonds is 5. The van der Waals surface area contributed by atoms with Crippen molar-refractivity contribution in [2.24, 2.45) is 0 Å². The van der Waals surface area contributed by atoms with E-state index in [-0.39, 0.29) is 13.2 Å². The molecule has 0 atom stereocenters. The van der Waals surface area contributed by atoms with Gasteiger partial charge in [0.1, 0.15) is 0 Å². The third kappa shape index (κ3) is 2.87. The third-order valence-corrected chi connectivity index (χ3v) is 4.11. The number of hydrogen-bond donors (Lipinski definition) is 2. The molecular weight excluding hydrogens is 242 g/mol. The zero-order chi connectivity index (χ0) is 13.1. The molecule has 96 valence electrons. The van der Waals surface area contributed by atoms with E-state index < -0.39 is 10.2 Å². The molecule has 1 rings (SSSR count). The number of aliphatic hydroxyl groups excluding tert-OH is 1. The van der Waals surface area contributed by atoms with Crippen LogP contribution in [0.5, 0.6) is 0 Å². The van der Waals surface area contributed by atoms with Gasteiger partial charge >= 0.3 is 10.2 Å². The number of hydrogen-bond acceptors (Lipinski definition) is 4. The maximum absolute atomic E-state index is 12.1. The molecule has 0 heterocycles. The fourth-order valence-corrected chi connectivity index (χ4v) is 2.48. The first kappa shape index (κ1) is 13.8. The molecule has 0 radical (unpaired) electrons. The Labute approximate surface area is 101 Å². The Balaban J connectivity index is 3.24. The van der Waals surface area contributed by atoms with Crippen molar-refractivity contribution in [1.29, 1.82) is 0 Å². The average Bonchev–Trinajstić information content (AvgIpc) is 2.26. The number of nitrogen functional groups attached to an aromatic ring is 1. The normalized spacial score (nSPS) is 11.8. The van der Waals surface area contributed by atoms with Gasteiger partial charge in [0.25, 0.3) is 0 Å². The molecule has 0 saturated heterocycles. The van der Waals surface area contributed by atoms with Crippen LogP contribution in [-0.2, 0) is 10.2 Å². The Kier molecular flexibility index (Phi) is 4.33. The second kappa shape index (κ2) is 5.35. The summed E-state index contributed by atoms with van der Waals surface area (Å²) in [5.74, 6) is 0. The van der Waals surface area contributed by atoms with E-state index in [1.165, 1.54) is 14.1 Å². The Morgan fingerprint density at radius 2 is 1.88 bits per heavy atom. The van der Waals surface area contributed by atoms with Crippen LogP contribution >= 0.6 is 0 Å². The van der Waals surface area contributed by atoms with E-state index in [1.54, 1.807) is 24.3 Å². The lowest BCUT2D eigenvalue weighted by Gasteiger charge is -2.27. The number of nitrogens with zero attached hydrogens (tertiary/aromatic N) is 2. The molecule has 0 bridgehead atoms. The second-order valence-corrected chi connectivity index (χ2v) is 5.71. The Bertz CT molecular complexity index is 473. The van der Waals surface area contributed by atoms with Gasteiger partial charge in [-0.2, -0.15) is 12.7 Å². The average molecular weight is 259 g/mol. The van der Waals surface area contributed by atoms with Crippen molar-refractivity contribution in [1.82, 2.24) is 4.31 Å². The molecule has 7 heteroatoms. The molecule has 0 unspecified atom stereocenters. The highest BCUT2D eigenvalue weighted by atomic mass is 32.2. The van der Waals surface area contributed by atoms with Crippen LogP contribution in [0.1, 0.15) is 0 Å². The topological polar surface area (TPSA) is 86.9 Å². The predicted molar refractivity (Wildman–Crippen MR) is 67.9 cm³/mol. The molecule has 0 spiro atoms. The summed E-state index contributed by atoms with van der Waals surface area (Å²) in [6, 6.07) is 6.64. The van der Waals surface area contributed by atoms with Gasteiger partial charge in [-0.3, -0.25) is 4.31 Å². The number of anilines is 2. The van der Waals surface area contributed by atoms with Gasteiger partial charge in [-0.15, -0.1) is 0 Å². The quantitative estimate of drug-likeness (QED) is 0.721. The molecule has 0 aromatic heterocycles. The van der Waals surface area contributed by atoms with Gasteiger partial charge in [0.2, 0.25) is 0 Å². The van der Waals surface area contributed by atoms with Gasteiger partial charge in [-0.25, -0.2) is 0 Å². The Hall–Kier alpha value is -1.31. The standard InChI is InChI=1S/C10H17N3O3S/c1-12(2)17(15,16)13(7-8-14)10-6-4-3-5-9(10)11/h3-6,14H,7-8,11H2,1-2H3. The zero-order valence-electron chi connectivity index (χ0n) is 9.87. The summed E-state index contributed by atoms with van der Waals surface area (Å²) in [4.78, 5) is 0. The molecule has 6 nitrogen and oxygen atoms in total. The molecule has 3 N–H and O–H groups in total. The molecule has 0 saturated carbocycles. The maximum Gasteiger partial charge on any atom is 0.303 e. The molecule has 1 aromatic carbocycles. The minimum absolute atomic E-state index is 0.0330. The summed E-state index contributed by atoms with van der Waals surface area (Å²) >= 11 is 0. The number of aliphatic hydroxyl groups is 1. The number of nitrogens with two attached hydrogens (primary N) is 1. The highest BCUT2D eigenvalue weighted by Crippen LogP contribution is 2.25. The maximum atomic E-state index is 12.1. The van der Waals surface area contributed by atoms with Crippen LogP contribution in [-0.4, -0.2) is 45.1 Å². The summed E-state index contributed by atoms with van der Waals surface area (Å²) in [7, 11) is -0.791. The molecule has 1 aromatic rings. The van der Waals surface area contributed by atoms with Gasteiger partial charge in [0, 0.05) is 14.1 Å². The third-order valence-electron chi connectivity index (χ3n) is 2.25. The van der Waals surface area contributed by atoms with E-state index in [1.807, 2.05) is 0 Å². The summed E-state index contributed by atoms with van der Waals surface area (Å²) in [5, 5.41) is 8.97. The smallest absolute Gasteiger partial charge is 0.303 e. The minimum Gasteiger partial charge on any atom is -0.397 e. The van der Waals surface area contributed by atoms with Crippen LogP contribution in [0.4, 0.5) is 11.4 Å². The van der Waals surface area contributed by atoms with Crippen LogP contribution in [0.25, 0.3) is 0 Å². The van der Waals surface area contributed by atoms with Gasteiger partial charge in [0.15, 0.2) is 0 Å². The first-order valence-electron chi connectivity index (χ1n) is 5.06. The monoisotopic (exact) mass is 259 g/mol. The van der Waals surface area contributed by atoms with E-state index in [4.69, 9.17) is 10.8 Å². The molecule has 0 aliphatic heterocycles. The van der Waals surface area contributed by atoms with E-state index in [0.717, 1.165) is 8.61 Å². The molecular formula is C10H17N3O3S. The van der Waals surface area contributed by atoms with Crippen LogP contribution in [0.15, 0.2) is 24.3 Å². The zero-order valence-corrected chi connectivity index (χ0v) is 10.7. The van der Waals surface area contributed by atoms with Crippen molar-refractivity contribution in [3.05, 3.63) is 24.3 Å². The lowest BCUT2D eigenvalue weighted by Crippen LogP contribution is -2.42. The van der Waals surface area contributed by atoms with Crippen LogP contribution in [0.2, 0.25) is 0 Å². The van der Waals surface area contributed by atoms with Gasteiger partial charge in [-0.05, 0) is 12.1 Å². The summed E-state index contributed by atoms with van der Waals surface area (Å²) in [6.45, 7) is -0.309. The number of benzene rings is 1. The van der Waals surface area contributed by atoms with Crippen molar-refractivity contribution < 1.29 is 13.5 Å². The SMILES string of the molecule is CN(C)S(=O)(=O)N(CCO)c1ccccc1N. The van der Waals surface area contributed by atoms with Crippen molar-refractivity contribution in [3.63, 3.8) is 0 Å². The predicted octanol–water partition coefficient (Wildman–Crippen LogP) is -0.126. The molecule has 0 fully saturated rings. The van der Waals surface area contributed by atoms with Crippen molar-refractivity contribution in [2.45, 2.75) is 0 Å². The van der Waals surface area contributed by atoms with Crippen LogP contribution in [0.3, 0.4) is 0 Å². The van der Waals surface area contributed by atoms with Gasteiger partial charge < -0.3 is 10.8 Å². The van der Waals surface area contributed by atoms with E-state index in [0.29, 0.717) is 11.4 Å². The van der Waals surface area contributed by atoms with Crippen LogP contribution < -0.4 is 10.0 Å². The number of para-hydroxylation sites is 2. The van der Waals surface area contributed by atoms with Gasteiger partial charge in [0.05, 0.1) is 24.5 Å².